The number of rotatable bonds is 6. The molecule has 0 aliphatic rings. The van der Waals surface area contributed by atoms with Crippen molar-refractivity contribution in [2.75, 3.05) is 11.9 Å². The molecule has 6 nitrogen and oxygen atoms in total. The number of carbonyl (C=O) groups excluding carboxylic acids is 1. The van der Waals surface area contributed by atoms with E-state index in [-0.39, 0.29) is 5.91 Å². The molecule has 0 saturated carbocycles. The summed E-state index contributed by atoms with van der Waals surface area (Å²) in [4.78, 5) is 17.0. The number of nitrogens with zero attached hydrogens (tertiary/aromatic N) is 3. The number of para-hydroxylation sites is 1. The third kappa shape index (κ3) is 3.63. The van der Waals surface area contributed by atoms with Crippen molar-refractivity contribution in [3.8, 4) is 0 Å². The maximum absolute atomic E-state index is 12.4. The van der Waals surface area contributed by atoms with Crippen molar-refractivity contribution in [3.05, 3.63) is 53.3 Å². The van der Waals surface area contributed by atoms with E-state index >= 15 is 0 Å². The molecule has 0 fully saturated rings. The quantitative estimate of drug-likeness (QED) is 0.725. The summed E-state index contributed by atoms with van der Waals surface area (Å²) in [5.41, 5.74) is 3.65. The first-order valence-corrected chi connectivity index (χ1v) is 8.55. The van der Waals surface area contributed by atoms with Gasteiger partial charge in [-0.3, -0.25) is 9.48 Å². The van der Waals surface area contributed by atoms with Crippen molar-refractivity contribution in [2.45, 2.75) is 26.8 Å². The number of nitrogens with one attached hydrogen (secondary N) is 2. The highest BCUT2D eigenvalue weighted by Gasteiger charge is 2.13. The Bertz CT molecular complexity index is 900. The summed E-state index contributed by atoms with van der Waals surface area (Å²) < 4.78 is 1.82. The minimum absolute atomic E-state index is 0.0835. The van der Waals surface area contributed by atoms with Crippen molar-refractivity contribution in [1.82, 2.24) is 20.1 Å². The Morgan fingerprint density at radius 3 is 2.80 bits per heavy atom. The maximum Gasteiger partial charge on any atom is 0.252 e. The van der Waals surface area contributed by atoms with Gasteiger partial charge in [0.1, 0.15) is 5.82 Å². The number of aryl methyl sites for hydroxylation is 2. The molecule has 1 amide bonds. The van der Waals surface area contributed by atoms with Gasteiger partial charge in [-0.15, -0.1) is 0 Å². The first-order valence-electron chi connectivity index (χ1n) is 8.55. The summed E-state index contributed by atoms with van der Waals surface area (Å²) >= 11 is 0. The minimum Gasteiger partial charge on any atom is -0.366 e. The summed E-state index contributed by atoms with van der Waals surface area (Å²) in [7, 11) is 1.92. The third-order valence-corrected chi connectivity index (χ3v) is 4.08. The molecule has 0 bridgehead atoms. The summed E-state index contributed by atoms with van der Waals surface area (Å²) in [6, 6.07) is 9.51. The van der Waals surface area contributed by atoms with Crippen LogP contribution >= 0.6 is 0 Å². The number of pyridine rings is 1. The van der Waals surface area contributed by atoms with Gasteiger partial charge < -0.3 is 10.6 Å². The highest BCUT2D eigenvalue weighted by molar-refractivity contribution is 6.06. The number of hydrogen-bond acceptors (Lipinski definition) is 4. The van der Waals surface area contributed by atoms with Crippen LogP contribution in [0, 0.1) is 0 Å². The number of anilines is 1. The van der Waals surface area contributed by atoms with Crippen LogP contribution in [0.4, 0.5) is 5.82 Å². The molecule has 25 heavy (non-hydrogen) atoms. The van der Waals surface area contributed by atoms with Crippen LogP contribution in [-0.4, -0.2) is 27.2 Å². The molecule has 2 N–H and O–H groups in total. The molecule has 3 rings (SSSR count). The Kier molecular flexibility index (Phi) is 4.97. The van der Waals surface area contributed by atoms with E-state index in [9.17, 15) is 4.79 Å². The summed E-state index contributed by atoms with van der Waals surface area (Å²) in [5.74, 6) is 0.602. The second-order valence-electron chi connectivity index (χ2n) is 5.91. The first kappa shape index (κ1) is 17.0. The third-order valence-electron chi connectivity index (χ3n) is 4.08. The Hall–Kier alpha value is -2.89. The minimum atomic E-state index is -0.0835. The number of hydrogen-bond donors (Lipinski definition) is 2. The van der Waals surface area contributed by atoms with Gasteiger partial charge in [-0.2, -0.15) is 5.10 Å². The lowest BCUT2D eigenvalue weighted by Gasteiger charge is -2.11. The Morgan fingerprint density at radius 2 is 2.04 bits per heavy atom. The zero-order chi connectivity index (χ0) is 17.8. The van der Waals surface area contributed by atoms with Crippen molar-refractivity contribution in [1.29, 1.82) is 0 Å². The Balaban J connectivity index is 1.92. The average Bonchev–Trinajstić information content (AvgIpc) is 2.99. The Morgan fingerprint density at radius 1 is 1.24 bits per heavy atom. The van der Waals surface area contributed by atoms with Gasteiger partial charge in [-0.05, 0) is 25.5 Å². The van der Waals surface area contributed by atoms with E-state index < -0.39 is 0 Å². The standard InChI is InChI=1S/C19H23N5O/c1-4-16-13(12-24(3)23-16)11-21-18-10-15(19(25)20-5-2)14-8-6-7-9-17(14)22-18/h6-10,12H,4-5,11H2,1-3H3,(H,20,25)(H,21,22). The molecular weight excluding hydrogens is 314 g/mol. The van der Waals surface area contributed by atoms with Crippen LogP contribution in [0.25, 0.3) is 10.9 Å². The number of benzene rings is 1. The summed E-state index contributed by atoms with van der Waals surface area (Å²) in [6.45, 7) is 5.22. The second-order valence-corrected chi connectivity index (χ2v) is 5.91. The number of carbonyl (C=O) groups is 1. The lowest BCUT2D eigenvalue weighted by Crippen LogP contribution is -2.23. The molecule has 0 atom stereocenters. The molecule has 0 unspecified atom stereocenters. The summed E-state index contributed by atoms with van der Waals surface area (Å²) in [5, 5.41) is 11.5. The van der Waals surface area contributed by atoms with E-state index in [4.69, 9.17) is 0 Å². The van der Waals surface area contributed by atoms with Gasteiger partial charge in [-0.1, -0.05) is 25.1 Å². The van der Waals surface area contributed by atoms with Crippen LogP contribution in [0.3, 0.4) is 0 Å². The maximum atomic E-state index is 12.4. The highest BCUT2D eigenvalue weighted by Crippen LogP contribution is 2.21. The number of amides is 1. The zero-order valence-corrected chi connectivity index (χ0v) is 14.8. The van der Waals surface area contributed by atoms with E-state index in [0.29, 0.717) is 24.5 Å². The zero-order valence-electron chi connectivity index (χ0n) is 14.8. The lowest BCUT2D eigenvalue weighted by atomic mass is 10.1. The van der Waals surface area contributed by atoms with Crippen LogP contribution in [0.15, 0.2) is 36.5 Å². The highest BCUT2D eigenvalue weighted by atomic mass is 16.1. The fourth-order valence-electron chi connectivity index (χ4n) is 2.92. The van der Waals surface area contributed by atoms with E-state index in [1.54, 1.807) is 0 Å². The van der Waals surface area contributed by atoms with Crippen LogP contribution in [0.2, 0.25) is 0 Å². The van der Waals surface area contributed by atoms with Gasteiger partial charge in [-0.25, -0.2) is 4.98 Å². The van der Waals surface area contributed by atoms with E-state index in [1.165, 1.54) is 0 Å². The molecule has 1 aromatic carbocycles. The monoisotopic (exact) mass is 337 g/mol. The smallest absolute Gasteiger partial charge is 0.252 e. The van der Waals surface area contributed by atoms with Gasteiger partial charge in [0.2, 0.25) is 0 Å². The number of aromatic nitrogens is 3. The van der Waals surface area contributed by atoms with Crippen LogP contribution in [-0.2, 0) is 20.0 Å². The predicted octanol–water partition coefficient (Wildman–Crippen LogP) is 2.89. The molecule has 2 heterocycles. The van der Waals surface area contributed by atoms with Gasteiger partial charge in [0, 0.05) is 37.3 Å². The lowest BCUT2D eigenvalue weighted by molar-refractivity contribution is 0.0957. The van der Waals surface area contributed by atoms with Gasteiger partial charge in [0.05, 0.1) is 16.8 Å². The van der Waals surface area contributed by atoms with Crippen molar-refractivity contribution in [3.63, 3.8) is 0 Å². The second kappa shape index (κ2) is 7.34. The normalized spacial score (nSPS) is 10.8. The van der Waals surface area contributed by atoms with Gasteiger partial charge in [0.25, 0.3) is 5.91 Å². The molecule has 0 saturated heterocycles. The van der Waals surface area contributed by atoms with E-state index in [1.807, 2.05) is 55.2 Å². The molecule has 0 aliphatic heterocycles. The molecule has 2 aromatic heterocycles. The molecule has 3 aromatic rings. The SMILES string of the molecule is CCNC(=O)c1cc(NCc2cn(C)nc2CC)nc2ccccc12. The van der Waals surface area contributed by atoms with Crippen molar-refractivity contribution >= 4 is 22.6 Å². The topological polar surface area (TPSA) is 71.8 Å². The molecule has 0 radical (unpaired) electrons. The molecule has 6 heteroatoms. The average molecular weight is 337 g/mol. The Labute approximate surface area is 147 Å². The molecular formula is C19H23N5O. The van der Waals surface area contributed by atoms with Crippen LogP contribution in [0.5, 0.6) is 0 Å². The molecule has 0 aliphatic carbocycles. The van der Waals surface area contributed by atoms with Crippen LogP contribution < -0.4 is 10.6 Å². The largest absolute Gasteiger partial charge is 0.366 e. The number of fused-ring (bicyclic) bond motifs is 1. The molecule has 130 valence electrons. The van der Waals surface area contributed by atoms with Crippen molar-refractivity contribution < 1.29 is 4.79 Å². The van der Waals surface area contributed by atoms with Gasteiger partial charge >= 0.3 is 0 Å². The van der Waals surface area contributed by atoms with Gasteiger partial charge in [0.15, 0.2) is 0 Å². The van der Waals surface area contributed by atoms with Crippen LogP contribution in [0.1, 0.15) is 35.5 Å². The van der Waals surface area contributed by atoms with Crippen molar-refractivity contribution in [2.24, 2.45) is 7.05 Å². The first-order chi connectivity index (χ1) is 12.1. The fraction of sp³-hybridized carbons (Fsp3) is 0.316. The summed E-state index contributed by atoms with van der Waals surface area (Å²) in [6.07, 6.45) is 2.89. The fourth-order valence-corrected chi connectivity index (χ4v) is 2.92. The predicted molar refractivity (Wildman–Crippen MR) is 99.7 cm³/mol. The molecule has 0 spiro atoms. The van der Waals surface area contributed by atoms with E-state index in [2.05, 4.69) is 27.6 Å². The van der Waals surface area contributed by atoms with E-state index in [0.717, 1.165) is 28.6 Å².